The number of carboxylic acid groups (broad SMARTS) is 1. The summed E-state index contributed by atoms with van der Waals surface area (Å²) in [5, 5.41) is 50.1. The maximum atomic E-state index is 13.8. The Labute approximate surface area is 267 Å². The van der Waals surface area contributed by atoms with Crippen LogP contribution in [0.1, 0.15) is 28.2 Å². The molecule has 5 atom stereocenters. The Morgan fingerprint density at radius 2 is 1.77 bits per heavy atom. The van der Waals surface area contributed by atoms with Gasteiger partial charge in [0.25, 0.3) is 5.91 Å². The van der Waals surface area contributed by atoms with Crippen molar-refractivity contribution in [3.8, 4) is 0 Å². The number of rotatable bonds is 11. The molecule has 4 aromatic rings. The van der Waals surface area contributed by atoms with Crippen molar-refractivity contribution in [2.45, 2.75) is 43.7 Å². The van der Waals surface area contributed by atoms with Crippen LogP contribution in [0, 0.1) is 5.41 Å². The molecular weight excluding hydrogens is 614 g/mol. The van der Waals surface area contributed by atoms with Crippen molar-refractivity contribution in [1.29, 1.82) is 5.41 Å². The molecular formula is C31H33N7O9. The SMILES string of the molecule is Cn1c(CNc2ccc(C(=N)N)cc2)nc2cc(C(=O)N(CCC(=O)OC3O[C@H](C(=O)O)[C@@H](O)[C@H](O)[C@H]3O)c3ccccn3)ccc21. The number of esters is 1. The monoisotopic (exact) mass is 647 g/mol. The zero-order valence-electron chi connectivity index (χ0n) is 25.1. The van der Waals surface area contributed by atoms with Crippen molar-refractivity contribution >= 4 is 46.2 Å². The Morgan fingerprint density at radius 1 is 1.04 bits per heavy atom. The molecule has 0 saturated carbocycles. The highest BCUT2D eigenvalue weighted by Gasteiger charge is 2.48. The van der Waals surface area contributed by atoms with E-state index < -0.39 is 55.0 Å². The van der Waals surface area contributed by atoms with Gasteiger partial charge in [0.1, 0.15) is 35.8 Å². The summed E-state index contributed by atoms with van der Waals surface area (Å²) >= 11 is 0. The Hall–Kier alpha value is -5.42. The number of benzene rings is 2. The van der Waals surface area contributed by atoms with Gasteiger partial charge < -0.3 is 45.5 Å². The minimum Gasteiger partial charge on any atom is -0.479 e. The van der Waals surface area contributed by atoms with Crippen LogP contribution >= 0.6 is 0 Å². The number of aliphatic hydroxyl groups excluding tert-OH is 3. The molecule has 1 unspecified atom stereocenters. The second-order valence-electron chi connectivity index (χ2n) is 10.8. The Morgan fingerprint density at radius 3 is 2.43 bits per heavy atom. The first-order valence-electron chi connectivity index (χ1n) is 14.4. The number of carbonyl (C=O) groups is 3. The first-order valence-corrected chi connectivity index (χ1v) is 14.4. The second-order valence-corrected chi connectivity index (χ2v) is 10.8. The fourth-order valence-corrected chi connectivity index (χ4v) is 5.02. The predicted octanol–water partition coefficient (Wildman–Crippen LogP) is 0.337. The molecule has 0 radical (unpaired) electrons. The third kappa shape index (κ3) is 7.20. The number of ether oxygens (including phenoxy) is 2. The number of anilines is 2. The van der Waals surface area contributed by atoms with Gasteiger partial charge in [0.05, 0.1) is 24.0 Å². The van der Waals surface area contributed by atoms with Crippen molar-refractivity contribution in [3.63, 3.8) is 0 Å². The smallest absolute Gasteiger partial charge is 0.335 e. The first kappa shape index (κ1) is 33.0. The van der Waals surface area contributed by atoms with Crippen molar-refractivity contribution < 1.29 is 44.3 Å². The number of hydrogen-bond acceptors (Lipinski definition) is 12. The molecule has 16 nitrogen and oxygen atoms in total. The summed E-state index contributed by atoms with van der Waals surface area (Å²) in [6.45, 7) is 0.154. The van der Waals surface area contributed by atoms with Crippen molar-refractivity contribution in [1.82, 2.24) is 14.5 Å². The molecule has 1 aliphatic heterocycles. The predicted molar refractivity (Wildman–Crippen MR) is 166 cm³/mol. The van der Waals surface area contributed by atoms with Crippen LogP contribution in [-0.2, 0) is 32.7 Å². The number of imidazole rings is 1. The first-order chi connectivity index (χ1) is 22.4. The minimum absolute atomic E-state index is 0.0226. The molecule has 8 N–H and O–H groups in total. The van der Waals surface area contributed by atoms with E-state index in [1.807, 2.05) is 23.7 Å². The highest BCUT2D eigenvalue weighted by Crippen LogP contribution is 2.24. The van der Waals surface area contributed by atoms with Crippen molar-refractivity contribution in [2.24, 2.45) is 12.8 Å². The van der Waals surface area contributed by atoms with Crippen LogP contribution in [0.3, 0.4) is 0 Å². The van der Waals surface area contributed by atoms with Gasteiger partial charge in [-0.15, -0.1) is 0 Å². The van der Waals surface area contributed by atoms with Gasteiger partial charge in [-0.3, -0.25) is 19.9 Å². The third-order valence-electron chi connectivity index (χ3n) is 7.64. The maximum absolute atomic E-state index is 13.8. The number of nitrogens with one attached hydrogen (secondary N) is 2. The molecule has 1 fully saturated rings. The minimum atomic E-state index is -1.94. The number of nitrogens with zero attached hydrogens (tertiary/aromatic N) is 4. The Kier molecular flexibility index (Phi) is 9.76. The number of nitrogen functional groups attached to an aromatic ring is 1. The van der Waals surface area contributed by atoms with Crippen LogP contribution in [-0.4, -0.2) is 95.9 Å². The van der Waals surface area contributed by atoms with E-state index in [0.29, 0.717) is 23.4 Å². The number of aliphatic hydroxyl groups is 3. The van der Waals surface area contributed by atoms with Gasteiger partial charge in [0.15, 0.2) is 6.10 Å². The summed E-state index contributed by atoms with van der Waals surface area (Å²) in [7, 11) is 1.85. The number of carboxylic acids is 1. The van der Waals surface area contributed by atoms with Gasteiger partial charge in [-0.1, -0.05) is 6.07 Å². The molecule has 1 aliphatic rings. The van der Waals surface area contributed by atoms with E-state index in [2.05, 4.69) is 10.3 Å². The van der Waals surface area contributed by atoms with Crippen LogP contribution in [0.25, 0.3) is 11.0 Å². The Balaban J connectivity index is 1.29. The largest absolute Gasteiger partial charge is 0.479 e. The molecule has 1 amide bonds. The van der Waals surface area contributed by atoms with Gasteiger partial charge in [0, 0.05) is 36.6 Å². The molecule has 5 rings (SSSR count). The third-order valence-corrected chi connectivity index (χ3v) is 7.64. The summed E-state index contributed by atoms with van der Waals surface area (Å²) < 4.78 is 12.0. The van der Waals surface area contributed by atoms with E-state index in [0.717, 1.165) is 11.2 Å². The summed E-state index contributed by atoms with van der Waals surface area (Å²) in [5.41, 5.74) is 8.53. The van der Waals surface area contributed by atoms with Crippen LogP contribution < -0.4 is 16.0 Å². The molecule has 2 aromatic heterocycles. The van der Waals surface area contributed by atoms with Gasteiger partial charge in [-0.2, -0.15) is 0 Å². The van der Waals surface area contributed by atoms with E-state index in [1.165, 1.54) is 11.1 Å². The fourth-order valence-electron chi connectivity index (χ4n) is 5.02. The number of aliphatic carboxylic acids is 1. The molecule has 1 saturated heterocycles. The van der Waals surface area contributed by atoms with Crippen LogP contribution in [0.2, 0.25) is 0 Å². The number of amidine groups is 1. The van der Waals surface area contributed by atoms with Crippen molar-refractivity contribution in [3.05, 3.63) is 83.8 Å². The number of aromatic nitrogens is 3. The summed E-state index contributed by atoms with van der Waals surface area (Å²) in [5.74, 6) is -2.17. The number of aryl methyl sites for hydroxylation is 1. The fraction of sp³-hybridized carbons (Fsp3) is 0.290. The number of hydrogen-bond donors (Lipinski definition) is 7. The van der Waals surface area contributed by atoms with Crippen LogP contribution in [0.15, 0.2) is 66.9 Å². The lowest BCUT2D eigenvalue weighted by atomic mass is 9.99. The lowest BCUT2D eigenvalue weighted by Gasteiger charge is -2.38. The maximum Gasteiger partial charge on any atom is 0.335 e. The standard InChI is InChI=1S/C31H33N7O9/c1-37-20-10-7-17(14-19(20)36-22(37)15-35-18-8-5-16(6-9-18)28(32)33)29(43)38(21-4-2-3-12-34-21)13-11-23(39)46-31-26(42)24(40)25(41)27(47-31)30(44)45/h2-10,12,14,24-27,31,35,40-42H,11,13,15H2,1H3,(H3,32,33)(H,44,45)/t24-,25-,26+,27-,31?/m0/s1. The van der Waals surface area contributed by atoms with E-state index in [4.69, 9.17) is 25.6 Å². The molecule has 16 heteroatoms. The Bertz CT molecular complexity index is 1780. The highest BCUT2D eigenvalue weighted by molar-refractivity contribution is 6.07. The molecule has 0 spiro atoms. The molecule has 2 aromatic carbocycles. The van der Waals surface area contributed by atoms with E-state index in [1.54, 1.807) is 48.5 Å². The zero-order valence-corrected chi connectivity index (χ0v) is 25.1. The average Bonchev–Trinajstić information content (AvgIpc) is 3.38. The van der Waals surface area contributed by atoms with Crippen LogP contribution in [0.4, 0.5) is 11.5 Å². The molecule has 0 aliphatic carbocycles. The summed E-state index contributed by atoms with van der Waals surface area (Å²) in [6, 6.07) is 17.0. The van der Waals surface area contributed by atoms with Gasteiger partial charge in [-0.05, 0) is 54.6 Å². The second kappa shape index (κ2) is 13.9. The number of pyridine rings is 1. The molecule has 3 heterocycles. The highest BCUT2D eigenvalue weighted by atomic mass is 16.7. The lowest BCUT2D eigenvalue weighted by Crippen LogP contribution is -2.60. The zero-order chi connectivity index (χ0) is 33.8. The summed E-state index contributed by atoms with van der Waals surface area (Å²) in [6.07, 6.45) is -8.52. The van der Waals surface area contributed by atoms with Crippen LogP contribution in [0.5, 0.6) is 0 Å². The normalized spacial score (nSPS) is 20.8. The topological polar surface area (TPSA) is 246 Å². The number of fused-ring (bicyclic) bond motifs is 1. The molecule has 47 heavy (non-hydrogen) atoms. The van der Waals surface area contributed by atoms with E-state index in [-0.39, 0.29) is 23.8 Å². The van der Waals surface area contributed by atoms with Gasteiger partial charge in [0.2, 0.25) is 6.29 Å². The number of carbonyl (C=O) groups excluding carboxylic acids is 2. The van der Waals surface area contributed by atoms with E-state index >= 15 is 0 Å². The van der Waals surface area contributed by atoms with E-state index in [9.17, 15) is 34.8 Å². The summed E-state index contributed by atoms with van der Waals surface area (Å²) in [4.78, 5) is 48.1. The quantitative estimate of drug-likeness (QED) is 0.0660. The van der Waals surface area contributed by atoms with Gasteiger partial charge >= 0.3 is 11.9 Å². The molecule has 246 valence electrons. The van der Waals surface area contributed by atoms with Crippen molar-refractivity contribution in [2.75, 3.05) is 16.8 Å². The number of nitrogens with two attached hydrogens (primary N) is 1. The lowest BCUT2D eigenvalue weighted by molar-refractivity contribution is -0.286. The van der Waals surface area contributed by atoms with Gasteiger partial charge in [-0.25, -0.2) is 14.8 Å². The molecule has 0 bridgehead atoms. The number of amides is 1. The average molecular weight is 648 g/mol.